The second kappa shape index (κ2) is 6.85. The van der Waals surface area contributed by atoms with E-state index in [1.807, 2.05) is 4.57 Å². The Morgan fingerprint density at radius 1 is 1.30 bits per heavy atom. The van der Waals surface area contributed by atoms with Crippen molar-refractivity contribution in [2.24, 2.45) is 0 Å². The summed E-state index contributed by atoms with van der Waals surface area (Å²) < 4.78 is 6.48. The van der Waals surface area contributed by atoms with Crippen LogP contribution in [0.2, 0.25) is 10.4 Å². The SMILES string of the molecule is COC(=O)CCCCCn1cnc2nc(Cl)nc(Cl)c21. The van der Waals surface area contributed by atoms with Gasteiger partial charge in [0.05, 0.1) is 13.4 Å². The number of carbonyl (C=O) groups is 1. The van der Waals surface area contributed by atoms with Gasteiger partial charge in [0.15, 0.2) is 10.8 Å². The molecule has 2 aromatic heterocycles. The van der Waals surface area contributed by atoms with Gasteiger partial charge in [0.1, 0.15) is 5.52 Å². The van der Waals surface area contributed by atoms with E-state index in [1.54, 1.807) is 6.33 Å². The molecule has 6 nitrogen and oxygen atoms in total. The van der Waals surface area contributed by atoms with E-state index in [4.69, 9.17) is 23.2 Å². The number of esters is 1. The smallest absolute Gasteiger partial charge is 0.305 e. The molecule has 2 aromatic rings. The first-order valence-electron chi connectivity index (χ1n) is 6.22. The molecule has 20 heavy (non-hydrogen) atoms. The Morgan fingerprint density at radius 2 is 2.10 bits per heavy atom. The lowest BCUT2D eigenvalue weighted by Gasteiger charge is -2.05. The van der Waals surface area contributed by atoms with Crippen molar-refractivity contribution < 1.29 is 9.53 Å². The van der Waals surface area contributed by atoms with Gasteiger partial charge in [0.2, 0.25) is 5.28 Å². The van der Waals surface area contributed by atoms with Crippen LogP contribution in [0.15, 0.2) is 6.33 Å². The van der Waals surface area contributed by atoms with Crippen LogP contribution in [-0.4, -0.2) is 32.6 Å². The molecule has 0 saturated carbocycles. The van der Waals surface area contributed by atoms with Gasteiger partial charge in [-0.25, -0.2) is 9.97 Å². The van der Waals surface area contributed by atoms with Gasteiger partial charge in [-0.3, -0.25) is 4.79 Å². The first-order valence-corrected chi connectivity index (χ1v) is 6.98. The van der Waals surface area contributed by atoms with E-state index in [9.17, 15) is 4.79 Å². The van der Waals surface area contributed by atoms with Crippen molar-refractivity contribution in [2.45, 2.75) is 32.2 Å². The quantitative estimate of drug-likeness (QED) is 0.355. The summed E-state index contributed by atoms with van der Waals surface area (Å²) in [5.41, 5.74) is 1.17. The minimum atomic E-state index is -0.177. The van der Waals surface area contributed by atoms with Crippen LogP contribution in [0.4, 0.5) is 0 Å². The molecule has 0 N–H and O–H groups in total. The standard InChI is InChI=1S/C12H14Cl2N4O2/c1-20-8(19)5-3-2-4-6-18-7-15-11-9(18)10(13)16-12(14)17-11/h7H,2-6H2,1H3. The van der Waals surface area contributed by atoms with Crippen LogP contribution in [0.3, 0.4) is 0 Å². The number of unbranched alkanes of at least 4 members (excludes halogenated alkanes) is 2. The Bertz CT molecular complexity index is 615. The van der Waals surface area contributed by atoms with Gasteiger partial charge >= 0.3 is 5.97 Å². The molecule has 108 valence electrons. The third kappa shape index (κ3) is 3.58. The van der Waals surface area contributed by atoms with Crippen molar-refractivity contribution >= 4 is 40.3 Å². The maximum Gasteiger partial charge on any atom is 0.305 e. The predicted molar refractivity (Wildman–Crippen MR) is 75.8 cm³/mol. The van der Waals surface area contributed by atoms with E-state index in [0.29, 0.717) is 22.7 Å². The zero-order valence-corrected chi connectivity index (χ0v) is 12.5. The number of hydrogen-bond donors (Lipinski definition) is 0. The number of rotatable bonds is 6. The molecule has 0 saturated heterocycles. The zero-order chi connectivity index (χ0) is 14.5. The van der Waals surface area contributed by atoms with Crippen molar-refractivity contribution in [3.63, 3.8) is 0 Å². The average molecular weight is 317 g/mol. The lowest BCUT2D eigenvalue weighted by atomic mass is 10.2. The van der Waals surface area contributed by atoms with Crippen molar-refractivity contribution in [3.8, 4) is 0 Å². The fourth-order valence-corrected chi connectivity index (χ4v) is 2.39. The summed E-state index contributed by atoms with van der Waals surface area (Å²) in [5, 5.41) is 0.387. The summed E-state index contributed by atoms with van der Waals surface area (Å²) in [6.07, 6.45) is 4.74. The van der Waals surface area contributed by atoms with Gasteiger partial charge < -0.3 is 9.30 Å². The monoisotopic (exact) mass is 316 g/mol. The molecule has 2 rings (SSSR count). The van der Waals surface area contributed by atoms with Crippen LogP contribution in [-0.2, 0) is 16.1 Å². The Hall–Kier alpha value is -1.40. The maximum atomic E-state index is 11.0. The topological polar surface area (TPSA) is 69.9 Å². The van der Waals surface area contributed by atoms with E-state index in [2.05, 4.69) is 19.7 Å². The van der Waals surface area contributed by atoms with Crippen LogP contribution in [0, 0.1) is 0 Å². The van der Waals surface area contributed by atoms with Crippen LogP contribution >= 0.6 is 23.2 Å². The molecule has 0 aliphatic rings. The highest BCUT2D eigenvalue weighted by molar-refractivity contribution is 6.35. The third-order valence-corrected chi connectivity index (χ3v) is 3.34. The fraction of sp³-hybridized carbons (Fsp3) is 0.500. The highest BCUT2D eigenvalue weighted by atomic mass is 35.5. The van der Waals surface area contributed by atoms with Crippen LogP contribution in [0.5, 0.6) is 0 Å². The normalized spacial score (nSPS) is 10.9. The van der Waals surface area contributed by atoms with E-state index in [1.165, 1.54) is 7.11 Å². The van der Waals surface area contributed by atoms with Gasteiger partial charge in [-0.2, -0.15) is 4.98 Å². The molecule has 0 aliphatic heterocycles. The van der Waals surface area contributed by atoms with Crippen molar-refractivity contribution in [2.75, 3.05) is 7.11 Å². The largest absolute Gasteiger partial charge is 0.469 e. The molecule has 0 amide bonds. The van der Waals surface area contributed by atoms with Gasteiger partial charge in [0.25, 0.3) is 0 Å². The molecule has 0 radical (unpaired) electrons. The van der Waals surface area contributed by atoms with E-state index in [0.717, 1.165) is 25.8 Å². The fourth-order valence-electron chi connectivity index (χ4n) is 1.91. The zero-order valence-electron chi connectivity index (χ0n) is 11.0. The minimum absolute atomic E-state index is 0.0887. The third-order valence-electron chi connectivity index (χ3n) is 2.91. The van der Waals surface area contributed by atoms with Gasteiger partial charge in [-0.05, 0) is 24.4 Å². The van der Waals surface area contributed by atoms with Gasteiger partial charge in [-0.15, -0.1) is 0 Å². The highest BCUT2D eigenvalue weighted by Gasteiger charge is 2.11. The molecule has 0 aromatic carbocycles. The molecule has 0 unspecified atom stereocenters. The molecular formula is C12H14Cl2N4O2. The lowest BCUT2D eigenvalue weighted by Crippen LogP contribution is -2.01. The lowest BCUT2D eigenvalue weighted by molar-refractivity contribution is -0.140. The summed E-state index contributed by atoms with van der Waals surface area (Å²) in [4.78, 5) is 23.0. The van der Waals surface area contributed by atoms with Crippen LogP contribution in [0.1, 0.15) is 25.7 Å². The highest BCUT2D eigenvalue weighted by Crippen LogP contribution is 2.21. The predicted octanol–water partition coefficient (Wildman–Crippen LogP) is 2.87. The van der Waals surface area contributed by atoms with Crippen LogP contribution in [0.25, 0.3) is 11.2 Å². The van der Waals surface area contributed by atoms with E-state index >= 15 is 0 Å². The minimum Gasteiger partial charge on any atom is -0.469 e. The number of fused-ring (bicyclic) bond motifs is 1. The second-order valence-electron chi connectivity index (χ2n) is 4.28. The molecule has 0 atom stereocenters. The summed E-state index contributed by atoms with van der Waals surface area (Å²) in [6, 6.07) is 0. The van der Waals surface area contributed by atoms with E-state index < -0.39 is 0 Å². The first kappa shape index (κ1) is 15.0. The number of carbonyl (C=O) groups excluding carboxylic acids is 1. The van der Waals surface area contributed by atoms with Crippen molar-refractivity contribution in [3.05, 3.63) is 16.8 Å². The molecule has 0 bridgehead atoms. The van der Waals surface area contributed by atoms with E-state index in [-0.39, 0.29) is 11.3 Å². The van der Waals surface area contributed by atoms with Crippen molar-refractivity contribution in [1.82, 2.24) is 19.5 Å². The number of methoxy groups -OCH3 is 1. The number of aryl methyl sites for hydroxylation is 1. The summed E-state index contributed by atoms with van der Waals surface area (Å²) in [7, 11) is 1.40. The Labute approximate surface area is 126 Å². The van der Waals surface area contributed by atoms with Crippen LogP contribution < -0.4 is 0 Å². The molecule has 0 spiro atoms. The summed E-state index contributed by atoms with van der Waals surface area (Å²) in [5.74, 6) is -0.177. The summed E-state index contributed by atoms with van der Waals surface area (Å²) >= 11 is 11.8. The molecule has 8 heteroatoms. The number of halogens is 2. The number of nitrogens with zero attached hydrogens (tertiary/aromatic N) is 4. The summed E-state index contributed by atoms with van der Waals surface area (Å²) in [6.45, 7) is 0.738. The Morgan fingerprint density at radius 3 is 2.85 bits per heavy atom. The maximum absolute atomic E-state index is 11.0. The number of aromatic nitrogens is 4. The molecule has 0 aliphatic carbocycles. The molecule has 0 fully saturated rings. The second-order valence-corrected chi connectivity index (χ2v) is 4.98. The Balaban J connectivity index is 1.92. The first-order chi connectivity index (χ1) is 9.61. The van der Waals surface area contributed by atoms with Gasteiger partial charge in [0, 0.05) is 13.0 Å². The number of hydrogen-bond acceptors (Lipinski definition) is 5. The van der Waals surface area contributed by atoms with Crippen molar-refractivity contribution in [1.29, 1.82) is 0 Å². The number of imidazole rings is 1. The average Bonchev–Trinajstić information content (AvgIpc) is 2.81. The molecular weight excluding hydrogens is 303 g/mol. The van der Waals surface area contributed by atoms with Gasteiger partial charge in [-0.1, -0.05) is 18.0 Å². The number of ether oxygens (including phenoxy) is 1. The Kier molecular flexibility index (Phi) is 5.14. The molecule has 2 heterocycles.